The average Bonchev–Trinajstić information content (AvgIpc) is 2.88. The molecule has 0 amide bonds. The molecule has 22 heavy (non-hydrogen) atoms. The van der Waals surface area contributed by atoms with Crippen LogP contribution in [-0.2, 0) is 4.79 Å². The van der Waals surface area contributed by atoms with Gasteiger partial charge in [-0.15, -0.1) is 0 Å². The summed E-state index contributed by atoms with van der Waals surface area (Å²) in [5.41, 5.74) is 5.50. The van der Waals surface area contributed by atoms with Crippen LogP contribution in [0.5, 0.6) is 0 Å². The predicted molar refractivity (Wildman–Crippen MR) is 90.5 cm³/mol. The molecular weight excluding hydrogens is 268 g/mol. The minimum Gasteiger partial charge on any atom is -0.295 e. The smallest absolute Gasteiger partial charge is 0.156 e. The van der Waals surface area contributed by atoms with Gasteiger partial charge in [-0.3, -0.25) is 4.79 Å². The Balaban J connectivity index is 1.79. The van der Waals surface area contributed by atoms with Gasteiger partial charge in [-0.25, -0.2) is 0 Å². The molecule has 0 spiro atoms. The largest absolute Gasteiger partial charge is 0.295 e. The molecule has 0 aromatic carbocycles. The first-order valence-electron chi connectivity index (χ1n) is 9.59. The molecule has 4 atom stereocenters. The van der Waals surface area contributed by atoms with Crippen LogP contribution in [0, 0.1) is 23.2 Å². The molecule has 4 aliphatic carbocycles. The van der Waals surface area contributed by atoms with Crippen LogP contribution in [0.3, 0.4) is 0 Å². The van der Waals surface area contributed by atoms with Gasteiger partial charge in [-0.1, -0.05) is 32.3 Å². The maximum absolute atomic E-state index is 11.8. The highest BCUT2D eigenvalue weighted by Crippen LogP contribution is 2.62. The normalized spacial score (nSPS) is 40.9. The van der Waals surface area contributed by atoms with Gasteiger partial charge in [-0.05, 0) is 85.3 Å². The zero-order valence-corrected chi connectivity index (χ0v) is 14.3. The monoisotopic (exact) mass is 298 g/mol. The summed E-state index contributed by atoms with van der Waals surface area (Å²) in [5.74, 6) is 2.95. The molecule has 0 radical (unpaired) electrons. The van der Waals surface area contributed by atoms with Crippen LogP contribution in [0.25, 0.3) is 0 Å². The van der Waals surface area contributed by atoms with Crippen molar-refractivity contribution in [1.82, 2.24) is 0 Å². The molecule has 0 heterocycles. The lowest BCUT2D eigenvalue weighted by Gasteiger charge is -2.51. The Morgan fingerprint density at radius 2 is 2.09 bits per heavy atom. The zero-order chi connectivity index (χ0) is 15.3. The Bertz CT molecular complexity index is 552. The molecule has 0 saturated heterocycles. The lowest BCUT2D eigenvalue weighted by Crippen LogP contribution is -2.41. The van der Waals surface area contributed by atoms with E-state index in [-0.39, 0.29) is 0 Å². The molecule has 0 aromatic rings. The quantitative estimate of drug-likeness (QED) is 0.647. The van der Waals surface area contributed by atoms with Crippen LogP contribution in [0.1, 0.15) is 78.1 Å². The van der Waals surface area contributed by atoms with Gasteiger partial charge < -0.3 is 0 Å². The first kappa shape index (κ1) is 14.7. The molecule has 4 unspecified atom stereocenters. The highest BCUT2D eigenvalue weighted by Gasteiger charge is 2.51. The average molecular weight is 298 g/mol. The van der Waals surface area contributed by atoms with Crippen molar-refractivity contribution < 1.29 is 4.79 Å². The van der Waals surface area contributed by atoms with E-state index in [9.17, 15) is 4.79 Å². The number of fused-ring (bicyclic) bond motifs is 4. The van der Waals surface area contributed by atoms with Gasteiger partial charge in [0.05, 0.1) is 0 Å². The van der Waals surface area contributed by atoms with Crippen molar-refractivity contribution in [3.63, 3.8) is 0 Å². The molecule has 0 N–H and O–H groups in total. The summed E-state index contributed by atoms with van der Waals surface area (Å²) in [6.45, 7) is 4.93. The highest BCUT2D eigenvalue weighted by molar-refractivity contribution is 5.93. The third-order valence-corrected chi connectivity index (χ3v) is 7.25. The lowest BCUT2D eigenvalue weighted by atomic mass is 9.54. The molecule has 0 bridgehead atoms. The Kier molecular flexibility index (Phi) is 3.58. The van der Waals surface area contributed by atoms with Gasteiger partial charge in [0.15, 0.2) is 5.78 Å². The molecule has 120 valence electrons. The van der Waals surface area contributed by atoms with Crippen LogP contribution < -0.4 is 0 Å². The first-order valence-corrected chi connectivity index (χ1v) is 9.59. The highest BCUT2D eigenvalue weighted by atomic mass is 16.1. The van der Waals surface area contributed by atoms with Crippen LogP contribution >= 0.6 is 0 Å². The van der Waals surface area contributed by atoms with E-state index in [1.165, 1.54) is 56.9 Å². The number of hydrogen-bond donors (Lipinski definition) is 0. The Hall–Kier alpha value is -0.850. The Morgan fingerprint density at radius 1 is 1.23 bits per heavy atom. The fourth-order valence-corrected chi connectivity index (χ4v) is 6.45. The van der Waals surface area contributed by atoms with Crippen molar-refractivity contribution in [1.29, 1.82) is 0 Å². The third kappa shape index (κ3) is 2.15. The molecule has 1 nitrogen and oxygen atoms in total. The van der Waals surface area contributed by atoms with Crippen LogP contribution in [0.4, 0.5) is 0 Å². The fourth-order valence-electron chi connectivity index (χ4n) is 6.45. The lowest BCUT2D eigenvalue weighted by molar-refractivity contribution is -0.114. The van der Waals surface area contributed by atoms with Gasteiger partial charge in [0.2, 0.25) is 0 Å². The van der Waals surface area contributed by atoms with Crippen molar-refractivity contribution in [2.75, 3.05) is 0 Å². The van der Waals surface area contributed by atoms with E-state index in [1.807, 2.05) is 11.6 Å². The molecule has 0 aliphatic heterocycles. The van der Waals surface area contributed by atoms with E-state index in [2.05, 4.69) is 13.8 Å². The standard InChI is InChI=1S/C21H30O/c1-3-5-15-13-21(2)11-4-6-19(21)18-9-7-14-12-16(22)8-10-17(14)20(15)18/h12,15,18-19H,3-11,13H2,1-2H3. The minimum absolute atomic E-state index is 0.367. The maximum atomic E-state index is 11.8. The number of rotatable bonds is 2. The zero-order valence-electron chi connectivity index (χ0n) is 14.3. The van der Waals surface area contributed by atoms with Gasteiger partial charge in [0.25, 0.3) is 0 Å². The van der Waals surface area contributed by atoms with Crippen LogP contribution in [0.15, 0.2) is 22.8 Å². The van der Waals surface area contributed by atoms with Crippen molar-refractivity contribution in [2.24, 2.45) is 23.2 Å². The Morgan fingerprint density at radius 3 is 2.91 bits per heavy atom. The van der Waals surface area contributed by atoms with Crippen molar-refractivity contribution in [2.45, 2.75) is 78.1 Å². The summed E-state index contributed by atoms with van der Waals surface area (Å²) in [6, 6.07) is 0. The number of ketones is 1. The van der Waals surface area contributed by atoms with Crippen molar-refractivity contribution in [3.8, 4) is 0 Å². The topological polar surface area (TPSA) is 17.1 Å². The van der Waals surface area contributed by atoms with Gasteiger partial charge in [0, 0.05) is 6.42 Å². The van der Waals surface area contributed by atoms with Crippen LogP contribution in [-0.4, -0.2) is 5.78 Å². The third-order valence-electron chi connectivity index (χ3n) is 7.25. The summed E-state index contributed by atoms with van der Waals surface area (Å²) >= 11 is 0. The Labute approximate surface area is 135 Å². The van der Waals surface area contributed by atoms with Crippen LogP contribution in [0.2, 0.25) is 0 Å². The molecule has 0 aromatic heterocycles. The summed E-state index contributed by atoms with van der Waals surface area (Å²) in [6.07, 6.45) is 14.7. The number of allylic oxidation sites excluding steroid dienone is 4. The van der Waals surface area contributed by atoms with Gasteiger partial charge in [-0.2, -0.15) is 0 Å². The summed E-state index contributed by atoms with van der Waals surface area (Å²) in [7, 11) is 0. The second-order valence-electron chi connectivity index (χ2n) is 8.56. The SMILES string of the molecule is CCCC1CC2(C)CCCC2C2CCC3=CC(=O)CCC3=C12. The van der Waals surface area contributed by atoms with Crippen molar-refractivity contribution >= 4 is 5.78 Å². The minimum atomic E-state index is 0.367. The summed E-state index contributed by atoms with van der Waals surface area (Å²) in [5, 5.41) is 0. The number of hydrogen-bond acceptors (Lipinski definition) is 1. The van der Waals surface area contributed by atoms with E-state index in [0.717, 1.165) is 30.6 Å². The second kappa shape index (κ2) is 5.35. The fraction of sp³-hybridized carbons (Fsp3) is 0.762. The second-order valence-corrected chi connectivity index (χ2v) is 8.56. The predicted octanol–water partition coefficient (Wildman–Crippen LogP) is 5.61. The first-order chi connectivity index (χ1) is 10.6. The van der Waals surface area contributed by atoms with Gasteiger partial charge in [0.1, 0.15) is 0 Å². The summed E-state index contributed by atoms with van der Waals surface area (Å²) in [4.78, 5) is 11.8. The van der Waals surface area contributed by atoms with Crippen molar-refractivity contribution in [3.05, 3.63) is 22.8 Å². The van der Waals surface area contributed by atoms with E-state index in [4.69, 9.17) is 0 Å². The number of carbonyl (C=O) groups is 1. The van der Waals surface area contributed by atoms with E-state index < -0.39 is 0 Å². The molecule has 4 aliphatic rings. The van der Waals surface area contributed by atoms with E-state index in [1.54, 1.807) is 5.57 Å². The van der Waals surface area contributed by atoms with E-state index in [0.29, 0.717) is 11.2 Å². The van der Waals surface area contributed by atoms with Gasteiger partial charge >= 0.3 is 0 Å². The molecule has 2 saturated carbocycles. The molecular formula is C21H30O. The number of carbonyl (C=O) groups excluding carboxylic acids is 1. The molecule has 4 rings (SSSR count). The molecule has 1 heteroatoms. The maximum Gasteiger partial charge on any atom is 0.156 e. The molecule has 2 fully saturated rings. The van der Waals surface area contributed by atoms with E-state index >= 15 is 0 Å². The summed E-state index contributed by atoms with van der Waals surface area (Å²) < 4.78 is 0.